The molecule has 7 nitrogen and oxygen atoms in total. The number of nitro benzene ring substituents is 1. The van der Waals surface area contributed by atoms with Gasteiger partial charge in [-0.2, -0.15) is 0 Å². The second-order valence-corrected chi connectivity index (χ2v) is 8.40. The summed E-state index contributed by atoms with van der Waals surface area (Å²) in [5.41, 5.74) is 0.175. The van der Waals surface area contributed by atoms with Crippen LogP contribution < -0.4 is 0 Å². The van der Waals surface area contributed by atoms with E-state index in [-0.39, 0.29) is 16.4 Å². The van der Waals surface area contributed by atoms with E-state index in [1.54, 1.807) is 50.2 Å². The van der Waals surface area contributed by atoms with Gasteiger partial charge in [0.05, 0.1) is 9.82 Å². The number of amides is 2. The molecule has 0 spiro atoms. The highest BCUT2D eigenvalue weighted by Gasteiger charge is 2.37. The molecule has 10 heteroatoms. The average Bonchev–Trinajstić information content (AvgIpc) is 2.74. The highest BCUT2D eigenvalue weighted by atomic mass is 35.5. The lowest BCUT2D eigenvalue weighted by Crippen LogP contribution is -2.55. The number of nitrogens with zero attached hydrogens (tertiary/aromatic N) is 3. The van der Waals surface area contributed by atoms with Crippen molar-refractivity contribution in [1.29, 1.82) is 0 Å². The van der Waals surface area contributed by atoms with Gasteiger partial charge >= 0.3 is 0 Å². The van der Waals surface area contributed by atoms with E-state index >= 15 is 0 Å². The Morgan fingerprint density at radius 1 is 1.06 bits per heavy atom. The van der Waals surface area contributed by atoms with Crippen molar-refractivity contribution in [3.05, 3.63) is 68.7 Å². The van der Waals surface area contributed by atoms with Crippen LogP contribution in [0.1, 0.15) is 19.4 Å². The number of carbonyl (C=O) groups excluding carboxylic acids is 2. The molecule has 1 aliphatic heterocycles. The van der Waals surface area contributed by atoms with Gasteiger partial charge in [-0.25, -0.2) is 0 Å². The second kappa shape index (κ2) is 9.59. The molecular formula is C21H18ClN3O4S2. The summed E-state index contributed by atoms with van der Waals surface area (Å²) in [5.74, 6) is -1.02. The maximum Gasteiger partial charge on any atom is 0.283 e. The predicted octanol–water partition coefficient (Wildman–Crippen LogP) is 4.78. The molecule has 0 atom stereocenters. The van der Waals surface area contributed by atoms with Crippen LogP contribution in [0.2, 0.25) is 5.02 Å². The van der Waals surface area contributed by atoms with E-state index in [1.807, 2.05) is 0 Å². The van der Waals surface area contributed by atoms with Crippen LogP contribution in [0.15, 0.2) is 57.8 Å². The number of rotatable bonds is 6. The van der Waals surface area contributed by atoms with E-state index < -0.39 is 16.7 Å². The fourth-order valence-corrected chi connectivity index (χ4v) is 4.48. The number of hydrogen-bond donors (Lipinski definition) is 0. The lowest BCUT2D eigenvalue weighted by atomic mass is 10.1. The van der Waals surface area contributed by atoms with Crippen molar-refractivity contribution < 1.29 is 14.5 Å². The van der Waals surface area contributed by atoms with Crippen molar-refractivity contribution in [2.45, 2.75) is 23.6 Å². The van der Waals surface area contributed by atoms with E-state index in [0.717, 1.165) is 4.90 Å². The van der Waals surface area contributed by atoms with Crippen LogP contribution in [0.25, 0.3) is 6.08 Å². The number of carbonyl (C=O) groups is 2. The maximum absolute atomic E-state index is 12.8. The molecule has 2 amide bonds. The maximum atomic E-state index is 12.8. The van der Waals surface area contributed by atoms with E-state index in [2.05, 4.69) is 0 Å². The number of benzene rings is 2. The number of likely N-dealkylation sites (N-methyl/N-ethyl adjacent to an activating group) is 2. The SMILES string of the molecule is CCN1C(=O)C(=Cc2ccc(Sc3ccc(Cl)cc3)c([N+](=O)[O-])c2)C(=O)N(CC)C1=S. The van der Waals surface area contributed by atoms with Crippen molar-refractivity contribution in [2.24, 2.45) is 0 Å². The summed E-state index contributed by atoms with van der Waals surface area (Å²) in [6.45, 7) is 4.16. The molecule has 3 rings (SSSR count). The summed E-state index contributed by atoms with van der Waals surface area (Å²) in [6, 6.07) is 11.5. The third-order valence-electron chi connectivity index (χ3n) is 4.58. The minimum atomic E-state index is -0.510. The first-order valence-corrected chi connectivity index (χ1v) is 11.0. The standard InChI is InChI=1S/C21H18ClN3O4S2/c1-3-23-19(26)16(20(27)24(4-2)21(23)30)11-13-5-10-18(17(12-13)25(28)29)31-15-8-6-14(22)7-9-15/h5-12H,3-4H2,1-2H3. The number of halogens is 1. The first-order chi connectivity index (χ1) is 14.8. The summed E-state index contributed by atoms with van der Waals surface area (Å²) in [6.07, 6.45) is 1.38. The molecule has 0 aliphatic carbocycles. The van der Waals surface area contributed by atoms with Crippen LogP contribution >= 0.6 is 35.6 Å². The van der Waals surface area contributed by atoms with Crippen LogP contribution in [0, 0.1) is 10.1 Å². The first-order valence-electron chi connectivity index (χ1n) is 9.38. The van der Waals surface area contributed by atoms with Gasteiger partial charge in [0, 0.05) is 29.1 Å². The van der Waals surface area contributed by atoms with Crippen molar-refractivity contribution in [3.8, 4) is 0 Å². The molecule has 1 heterocycles. The molecule has 0 N–H and O–H groups in total. The van der Waals surface area contributed by atoms with Gasteiger partial charge in [0.2, 0.25) is 0 Å². The number of nitro groups is 1. The smallest absolute Gasteiger partial charge is 0.283 e. The molecule has 0 unspecified atom stereocenters. The van der Waals surface area contributed by atoms with Crippen LogP contribution in [-0.2, 0) is 9.59 Å². The lowest BCUT2D eigenvalue weighted by Gasteiger charge is -2.35. The zero-order chi connectivity index (χ0) is 22.7. The minimum Gasteiger partial charge on any atom is -0.285 e. The average molecular weight is 476 g/mol. The van der Waals surface area contributed by atoms with Crippen LogP contribution in [-0.4, -0.2) is 44.7 Å². The van der Waals surface area contributed by atoms with Crippen molar-refractivity contribution in [3.63, 3.8) is 0 Å². The van der Waals surface area contributed by atoms with Gasteiger partial charge in [-0.05, 0) is 68.0 Å². The summed E-state index contributed by atoms with van der Waals surface area (Å²) in [4.78, 5) is 40.6. The minimum absolute atomic E-state index is 0.0790. The van der Waals surface area contributed by atoms with Gasteiger partial charge in [0.15, 0.2) is 5.11 Å². The first kappa shape index (κ1) is 22.9. The normalized spacial score (nSPS) is 14.3. The fraction of sp³-hybridized carbons (Fsp3) is 0.190. The third kappa shape index (κ3) is 4.79. The van der Waals surface area contributed by atoms with E-state index in [1.165, 1.54) is 33.7 Å². The fourth-order valence-electron chi connectivity index (χ4n) is 3.03. The molecular weight excluding hydrogens is 458 g/mol. The summed E-state index contributed by atoms with van der Waals surface area (Å²) in [5, 5.41) is 12.4. The molecule has 0 radical (unpaired) electrons. The monoisotopic (exact) mass is 475 g/mol. The Hall–Kier alpha value is -2.75. The molecule has 2 aromatic rings. The quantitative estimate of drug-likeness (QED) is 0.196. The van der Waals surface area contributed by atoms with Crippen LogP contribution in [0.4, 0.5) is 5.69 Å². The summed E-state index contributed by atoms with van der Waals surface area (Å²) < 4.78 is 0. The Morgan fingerprint density at radius 2 is 1.65 bits per heavy atom. The molecule has 160 valence electrons. The molecule has 0 saturated carbocycles. The van der Waals surface area contributed by atoms with Crippen LogP contribution in [0.3, 0.4) is 0 Å². The third-order valence-corrected chi connectivity index (χ3v) is 6.34. The van der Waals surface area contributed by atoms with E-state index in [9.17, 15) is 19.7 Å². The zero-order valence-corrected chi connectivity index (χ0v) is 19.1. The van der Waals surface area contributed by atoms with Crippen LogP contribution in [0.5, 0.6) is 0 Å². The van der Waals surface area contributed by atoms with Gasteiger partial charge in [-0.15, -0.1) is 0 Å². The molecule has 0 bridgehead atoms. The Bertz CT molecular complexity index is 1070. The van der Waals surface area contributed by atoms with Crippen molar-refractivity contribution in [1.82, 2.24) is 9.80 Å². The predicted molar refractivity (Wildman–Crippen MR) is 124 cm³/mol. The van der Waals surface area contributed by atoms with Gasteiger partial charge < -0.3 is 0 Å². The Kier molecular flexibility index (Phi) is 7.09. The number of hydrogen-bond acceptors (Lipinski definition) is 6. The molecule has 1 saturated heterocycles. The second-order valence-electron chi connectivity index (χ2n) is 6.48. The van der Waals surface area contributed by atoms with Crippen molar-refractivity contribution >= 4 is 64.3 Å². The molecule has 1 aliphatic rings. The summed E-state index contributed by atoms with van der Waals surface area (Å²) in [7, 11) is 0. The molecule has 0 aromatic heterocycles. The van der Waals surface area contributed by atoms with E-state index in [4.69, 9.17) is 23.8 Å². The van der Waals surface area contributed by atoms with Crippen molar-refractivity contribution in [2.75, 3.05) is 13.1 Å². The Balaban J connectivity index is 1.99. The highest BCUT2D eigenvalue weighted by Crippen LogP contribution is 2.36. The molecule has 31 heavy (non-hydrogen) atoms. The van der Waals surface area contributed by atoms with Gasteiger partial charge in [-0.3, -0.25) is 29.5 Å². The number of thiocarbonyl (C=S) groups is 1. The summed E-state index contributed by atoms with van der Waals surface area (Å²) >= 11 is 12.4. The largest absolute Gasteiger partial charge is 0.285 e. The van der Waals surface area contributed by atoms with Gasteiger partial charge in [0.25, 0.3) is 17.5 Å². The van der Waals surface area contributed by atoms with Gasteiger partial charge in [-0.1, -0.05) is 29.4 Å². The highest BCUT2D eigenvalue weighted by molar-refractivity contribution is 7.99. The van der Waals surface area contributed by atoms with Gasteiger partial charge in [0.1, 0.15) is 5.57 Å². The Morgan fingerprint density at radius 3 is 2.16 bits per heavy atom. The molecule has 1 fully saturated rings. The van der Waals surface area contributed by atoms with E-state index in [0.29, 0.717) is 28.6 Å². The lowest BCUT2D eigenvalue weighted by molar-refractivity contribution is -0.387. The topological polar surface area (TPSA) is 83.8 Å². The molecule has 2 aromatic carbocycles. The Labute approximate surface area is 193 Å². The zero-order valence-electron chi connectivity index (χ0n) is 16.7.